The third kappa shape index (κ3) is 20.6. The Bertz CT molecular complexity index is 979. The van der Waals surface area contributed by atoms with Gasteiger partial charge < -0.3 is 29.7 Å². The number of hydrogen-bond donors (Lipinski definition) is 3. The topological polar surface area (TPSA) is 166 Å². The van der Waals surface area contributed by atoms with Gasteiger partial charge in [0, 0.05) is 38.8 Å². The Morgan fingerprint density at radius 3 is 2.02 bits per heavy atom. The van der Waals surface area contributed by atoms with Gasteiger partial charge in [-0.05, 0) is 56.4 Å². The fraction of sp³-hybridized carbons (Fsp3) is 0.667. The summed E-state index contributed by atoms with van der Waals surface area (Å²) in [7, 11) is 0. The maximum atomic E-state index is 12.3. The zero-order valence-electron chi connectivity index (χ0n) is 26.2. The van der Waals surface area contributed by atoms with Crippen LogP contribution in [0.2, 0.25) is 0 Å². The van der Waals surface area contributed by atoms with Gasteiger partial charge in [0.2, 0.25) is 5.91 Å². The van der Waals surface area contributed by atoms with Crippen LogP contribution in [0.3, 0.4) is 0 Å². The Kier molecular flexibility index (Phi) is 22.1. The summed E-state index contributed by atoms with van der Waals surface area (Å²) in [5, 5.41) is 21.1. The number of aliphatic carboxylic acids is 1. The molecule has 11 heteroatoms. The van der Waals surface area contributed by atoms with E-state index in [0.717, 1.165) is 51.4 Å². The van der Waals surface area contributed by atoms with Crippen LogP contribution in [0.5, 0.6) is 5.75 Å². The van der Waals surface area contributed by atoms with E-state index in [1.807, 2.05) is 6.92 Å². The first-order valence-electron chi connectivity index (χ1n) is 15.9. The normalized spacial score (nSPS) is 11.6. The Morgan fingerprint density at radius 1 is 0.727 bits per heavy atom. The minimum absolute atomic E-state index is 0.00909. The van der Waals surface area contributed by atoms with Crippen LogP contribution in [0, 0.1) is 5.92 Å². The van der Waals surface area contributed by atoms with Crippen molar-refractivity contribution >= 4 is 29.4 Å². The summed E-state index contributed by atoms with van der Waals surface area (Å²) in [6, 6.07) is 6.35. The first-order valence-corrected chi connectivity index (χ1v) is 15.9. The van der Waals surface area contributed by atoms with E-state index < -0.39 is 17.9 Å². The summed E-state index contributed by atoms with van der Waals surface area (Å²) in [5.74, 6) is -2.47. The molecule has 0 saturated heterocycles. The lowest BCUT2D eigenvalue weighted by Crippen LogP contribution is -2.28. The molecule has 3 N–H and O–H groups in total. The molecule has 0 aliphatic heterocycles. The lowest BCUT2D eigenvalue weighted by molar-refractivity contribution is -0.144. The summed E-state index contributed by atoms with van der Waals surface area (Å²) in [4.78, 5) is 58.4. The number of hydrogen-bond acceptors (Lipinski definition) is 8. The van der Waals surface area contributed by atoms with E-state index >= 15 is 0 Å². The number of benzene rings is 1. The highest BCUT2D eigenvalue weighted by Crippen LogP contribution is 2.17. The van der Waals surface area contributed by atoms with Crippen LogP contribution in [-0.2, 0) is 28.7 Å². The first-order chi connectivity index (χ1) is 21.2. The van der Waals surface area contributed by atoms with Crippen molar-refractivity contribution in [2.24, 2.45) is 5.92 Å². The summed E-state index contributed by atoms with van der Waals surface area (Å²) in [5.41, 5.74) is 0.230. The van der Waals surface area contributed by atoms with Gasteiger partial charge >= 0.3 is 11.9 Å². The predicted octanol–water partition coefficient (Wildman–Crippen LogP) is 5.23. The fourth-order valence-corrected chi connectivity index (χ4v) is 4.41. The van der Waals surface area contributed by atoms with E-state index in [-0.39, 0.29) is 61.9 Å². The zero-order valence-corrected chi connectivity index (χ0v) is 26.2. The Balaban J connectivity index is 2.02. The first kappa shape index (κ1) is 38.7. The average Bonchev–Trinajstić information content (AvgIpc) is 3.00. The molecule has 1 rings (SSSR count). The molecule has 0 unspecified atom stereocenters. The number of ether oxygens (including phenoxy) is 3. The molecule has 1 atom stereocenters. The number of aromatic carboxylic acids is 1. The summed E-state index contributed by atoms with van der Waals surface area (Å²) >= 11 is 0. The summed E-state index contributed by atoms with van der Waals surface area (Å²) in [6.45, 7) is 4.14. The van der Waals surface area contributed by atoms with Crippen LogP contribution < -0.4 is 10.1 Å². The van der Waals surface area contributed by atoms with Crippen LogP contribution in [0.1, 0.15) is 107 Å². The number of nitrogens with one attached hydrogen (secondary N) is 1. The molecule has 1 aromatic carbocycles. The van der Waals surface area contributed by atoms with E-state index in [4.69, 9.17) is 19.3 Å². The zero-order chi connectivity index (χ0) is 32.4. The highest BCUT2D eigenvalue weighted by molar-refractivity contribution is 5.87. The SMILES string of the molecule is CCCNC(=O)COCCOCCCC(=O)CC[C@H](CC(=O)CCCCCCCCCOc1ccc(C(=O)O)cc1)C(=O)O. The highest BCUT2D eigenvalue weighted by atomic mass is 16.5. The number of carboxylic acids is 2. The fourth-order valence-electron chi connectivity index (χ4n) is 4.41. The Morgan fingerprint density at radius 2 is 1.36 bits per heavy atom. The molecule has 0 fully saturated rings. The van der Waals surface area contributed by atoms with E-state index in [9.17, 15) is 29.1 Å². The predicted molar refractivity (Wildman–Crippen MR) is 165 cm³/mol. The number of ketones is 2. The lowest BCUT2D eigenvalue weighted by Gasteiger charge is -2.11. The number of amides is 1. The van der Waals surface area contributed by atoms with Gasteiger partial charge in [-0.1, -0.05) is 39.0 Å². The molecule has 0 spiro atoms. The molecule has 1 aromatic rings. The maximum absolute atomic E-state index is 12.3. The van der Waals surface area contributed by atoms with Gasteiger partial charge in [0.05, 0.1) is 31.3 Å². The standard InChI is InChI=1S/C33H51NO10/c1-2-19-34-31(37)25-43-23-22-42-20-10-12-28(35)16-13-27(33(40)41)24-29(36)11-8-6-4-3-5-7-9-21-44-30-17-14-26(15-18-30)32(38)39/h14-15,17-18,27H,2-13,16,19-25H2,1H3,(H,34,37)(H,38,39)(H,40,41)/t27-/m1/s1. The van der Waals surface area contributed by atoms with Crippen molar-refractivity contribution in [3.63, 3.8) is 0 Å². The molecule has 0 saturated carbocycles. The molecule has 0 aliphatic rings. The van der Waals surface area contributed by atoms with Gasteiger partial charge in [-0.2, -0.15) is 0 Å². The van der Waals surface area contributed by atoms with Crippen LogP contribution in [-0.4, -0.2) is 79.2 Å². The van der Waals surface area contributed by atoms with Gasteiger partial charge in [0.15, 0.2) is 0 Å². The van der Waals surface area contributed by atoms with Gasteiger partial charge in [-0.3, -0.25) is 19.2 Å². The molecule has 0 aliphatic carbocycles. The molecule has 11 nitrogen and oxygen atoms in total. The van der Waals surface area contributed by atoms with Crippen LogP contribution >= 0.6 is 0 Å². The molecule has 248 valence electrons. The summed E-state index contributed by atoms with van der Waals surface area (Å²) in [6.07, 6.45) is 8.97. The molecule has 44 heavy (non-hydrogen) atoms. The van der Waals surface area contributed by atoms with E-state index in [1.165, 1.54) is 12.1 Å². The molecule has 1 amide bonds. The Hall–Kier alpha value is -3.31. The van der Waals surface area contributed by atoms with Crippen molar-refractivity contribution in [2.75, 3.05) is 39.6 Å². The molecule has 0 aromatic heterocycles. The van der Waals surface area contributed by atoms with Crippen LogP contribution in [0.15, 0.2) is 24.3 Å². The van der Waals surface area contributed by atoms with Gasteiger partial charge in [0.25, 0.3) is 0 Å². The van der Waals surface area contributed by atoms with Crippen molar-refractivity contribution in [1.29, 1.82) is 0 Å². The number of carboxylic acid groups (broad SMARTS) is 2. The van der Waals surface area contributed by atoms with E-state index in [0.29, 0.717) is 45.0 Å². The third-order valence-corrected chi connectivity index (χ3v) is 6.99. The monoisotopic (exact) mass is 621 g/mol. The smallest absolute Gasteiger partial charge is 0.335 e. The molecular formula is C33H51NO10. The molecule has 0 radical (unpaired) electrons. The number of carbonyl (C=O) groups excluding carboxylic acids is 3. The van der Waals surface area contributed by atoms with Crippen molar-refractivity contribution in [2.45, 2.75) is 96.8 Å². The minimum Gasteiger partial charge on any atom is -0.494 e. The van der Waals surface area contributed by atoms with Crippen LogP contribution in [0.25, 0.3) is 0 Å². The van der Waals surface area contributed by atoms with Crippen molar-refractivity contribution in [3.8, 4) is 5.75 Å². The minimum atomic E-state index is -1.04. The van der Waals surface area contributed by atoms with Crippen LogP contribution in [0.4, 0.5) is 0 Å². The molecule has 0 heterocycles. The number of Topliss-reactive ketones (excluding diaryl/α,β-unsaturated/α-hetero) is 2. The van der Waals surface area contributed by atoms with E-state index in [2.05, 4.69) is 5.32 Å². The largest absolute Gasteiger partial charge is 0.494 e. The second-order valence-corrected chi connectivity index (χ2v) is 10.9. The third-order valence-electron chi connectivity index (χ3n) is 6.99. The number of unbranched alkanes of at least 4 members (excludes halogenated alkanes) is 6. The summed E-state index contributed by atoms with van der Waals surface area (Å²) < 4.78 is 16.3. The van der Waals surface area contributed by atoms with Gasteiger partial charge in [-0.25, -0.2) is 4.79 Å². The van der Waals surface area contributed by atoms with Crippen molar-refractivity contribution in [1.82, 2.24) is 5.32 Å². The van der Waals surface area contributed by atoms with Gasteiger partial charge in [0.1, 0.15) is 23.9 Å². The second-order valence-electron chi connectivity index (χ2n) is 10.9. The van der Waals surface area contributed by atoms with Crippen molar-refractivity contribution < 1.29 is 48.4 Å². The quantitative estimate of drug-likeness (QED) is 0.101. The second kappa shape index (κ2) is 25.1. The number of rotatable bonds is 29. The Labute approximate surface area is 261 Å². The molecule has 0 bridgehead atoms. The maximum Gasteiger partial charge on any atom is 0.335 e. The van der Waals surface area contributed by atoms with E-state index in [1.54, 1.807) is 12.1 Å². The number of carbonyl (C=O) groups is 5. The molecular weight excluding hydrogens is 570 g/mol. The lowest BCUT2D eigenvalue weighted by atomic mass is 9.93. The van der Waals surface area contributed by atoms with Crippen molar-refractivity contribution in [3.05, 3.63) is 29.8 Å². The average molecular weight is 622 g/mol. The van der Waals surface area contributed by atoms with Gasteiger partial charge in [-0.15, -0.1) is 0 Å². The highest BCUT2D eigenvalue weighted by Gasteiger charge is 2.22.